The van der Waals surface area contributed by atoms with Crippen LogP contribution >= 0.6 is 11.3 Å². The second-order valence-electron chi connectivity index (χ2n) is 6.55. The fourth-order valence-electron chi connectivity index (χ4n) is 3.17. The van der Waals surface area contributed by atoms with Crippen LogP contribution in [-0.2, 0) is 4.74 Å². The van der Waals surface area contributed by atoms with Crippen LogP contribution in [0, 0.1) is 6.92 Å². The molecule has 1 aliphatic heterocycles. The number of hydrogen-bond donors (Lipinski definition) is 1. The highest BCUT2D eigenvalue weighted by molar-refractivity contribution is 7.15. The SMILES string of the molecule is COc1cc(-c2nc(C(=O)NCCN3CCOCC3)c(C)s2)cc(OC)c1OC. The molecule has 0 spiro atoms. The van der Waals surface area contributed by atoms with Crippen molar-refractivity contribution in [3.8, 4) is 27.8 Å². The van der Waals surface area contributed by atoms with Gasteiger partial charge >= 0.3 is 0 Å². The van der Waals surface area contributed by atoms with Crippen molar-refractivity contribution in [1.82, 2.24) is 15.2 Å². The molecule has 0 radical (unpaired) electrons. The summed E-state index contributed by atoms with van der Waals surface area (Å²) in [6.07, 6.45) is 0. The Balaban J connectivity index is 1.73. The minimum atomic E-state index is -0.161. The molecule has 2 heterocycles. The molecule has 1 fully saturated rings. The van der Waals surface area contributed by atoms with E-state index >= 15 is 0 Å². The summed E-state index contributed by atoms with van der Waals surface area (Å²) in [5, 5.41) is 3.69. The van der Waals surface area contributed by atoms with Gasteiger partial charge in [-0.2, -0.15) is 0 Å². The molecule has 1 aromatic heterocycles. The number of amides is 1. The lowest BCUT2D eigenvalue weighted by atomic mass is 10.2. The van der Waals surface area contributed by atoms with Crippen molar-refractivity contribution in [2.45, 2.75) is 6.92 Å². The zero-order chi connectivity index (χ0) is 20.8. The minimum Gasteiger partial charge on any atom is -0.493 e. The van der Waals surface area contributed by atoms with Crippen LogP contribution in [0.2, 0.25) is 0 Å². The first-order chi connectivity index (χ1) is 14.1. The van der Waals surface area contributed by atoms with E-state index in [1.54, 1.807) is 21.3 Å². The molecule has 1 aromatic carbocycles. The number of morpholine rings is 1. The largest absolute Gasteiger partial charge is 0.493 e. The number of aryl methyl sites for hydroxylation is 1. The van der Waals surface area contributed by atoms with Gasteiger partial charge in [0, 0.05) is 36.6 Å². The predicted molar refractivity (Wildman–Crippen MR) is 112 cm³/mol. The van der Waals surface area contributed by atoms with E-state index in [1.165, 1.54) is 11.3 Å². The van der Waals surface area contributed by atoms with Crippen molar-refractivity contribution in [2.75, 3.05) is 60.7 Å². The van der Waals surface area contributed by atoms with Crippen LogP contribution in [0.4, 0.5) is 0 Å². The van der Waals surface area contributed by atoms with Crippen LogP contribution in [0.25, 0.3) is 10.6 Å². The lowest BCUT2D eigenvalue weighted by Gasteiger charge is -2.26. The van der Waals surface area contributed by atoms with Crippen LogP contribution in [0.3, 0.4) is 0 Å². The van der Waals surface area contributed by atoms with Crippen molar-refractivity contribution in [3.63, 3.8) is 0 Å². The van der Waals surface area contributed by atoms with Gasteiger partial charge in [0.25, 0.3) is 5.91 Å². The van der Waals surface area contributed by atoms with Crippen LogP contribution in [0.15, 0.2) is 12.1 Å². The quantitative estimate of drug-likeness (QED) is 0.700. The third-order valence-corrected chi connectivity index (χ3v) is 5.76. The number of ether oxygens (including phenoxy) is 4. The lowest BCUT2D eigenvalue weighted by molar-refractivity contribution is 0.0383. The maximum Gasteiger partial charge on any atom is 0.271 e. The summed E-state index contributed by atoms with van der Waals surface area (Å²) in [5.74, 6) is 1.45. The molecule has 1 saturated heterocycles. The summed E-state index contributed by atoms with van der Waals surface area (Å²) in [6, 6.07) is 3.67. The number of nitrogens with zero attached hydrogens (tertiary/aromatic N) is 2. The Hall–Kier alpha value is -2.36. The number of carbonyl (C=O) groups excluding carboxylic acids is 1. The number of benzene rings is 1. The minimum absolute atomic E-state index is 0.161. The van der Waals surface area contributed by atoms with Crippen molar-refractivity contribution in [3.05, 3.63) is 22.7 Å². The molecule has 0 saturated carbocycles. The van der Waals surface area contributed by atoms with Gasteiger partial charge in [-0.15, -0.1) is 11.3 Å². The Labute approximate surface area is 174 Å². The van der Waals surface area contributed by atoms with Gasteiger partial charge in [0.15, 0.2) is 11.5 Å². The summed E-state index contributed by atoms with van der Waals surface area (Å²) in [5.41, 5.74) is 1.25. The molecule has 1 amide bonds. The number of rotatable bonds is 8. The van der Waals surface area contributed by atoms with Crippen molar-refractivity contribution >= 4 is 17.2 Å². The second-order valence-corrected chi connectivity index (χ2v) is 7.75. The van der Waals surface area contributed by atoms with Crippen LogP contribution in [0.1, 0.15) is 15.4 Å². The Morgan fingerprint density at radius 1 is 1.17 bits per heavy atom. The molecule has 0 atom stereocenters. The summed E-state index contributed by atoms with van der Waals surface area (Å²) in [4.78, 5) is 20.3. The maximum atomic E-state index is 12.6. The summed E-state index contributed by atoms with van der Waals surface area (Å²) < 4.78 is 21.5. The molecule has 1 N–H and O–H groups in total. The van der Waals surface area contributed by atoms with E-state index in [4.69, 9.17) is 18.9 Å². The van der Waals surface area contributed by atoms with E-state index in [2.05, 4.69) is 15.2 Å². The van der Waals surface area contributed by atoms with E-state index in [-0.39, 0.29) is 5.91 Å². The average Bonchev–Trinajstić information content (AvgIpc) is 3.15. The first kappa shape index (κ1) is 21.4. The Kier molecular flexibility index (Phi) is 7.29. The van der Waals surface area contributed by atoms with Crippen molar-refractivity contribution in [2.24, 2.45) is 0 Å². The van der Waals surface area contributed by atoms with Gasteiger partial charge in [-0.05, 0) is 19.1 Å². The molecule has 3 rings (SSSR count). The fraction of sp³-hybridized carbons (Fsp3) is 0.500. The Bertz CT molecular complexity index is 824. The van der Waals surface area contributed by atoms with Gasteiger partial charge < -0.3 is 24.3 Å². The zero-order valence-electron chi connectivity index (χ0n) is 17.2. The van der Waals surface area contributed by atoms with Crippen LogP contribution < -0.4 is 19.5 Å². The van der Waals surface area contributed by atoms with Gasteiger partial charge in [0.1, 0.15) is 10.7 Å². The van der Waals surface area contributed by atoms with Crippen molar-refractivity contribution in [1.29, 1.82) is 0 Å². The summed E-state index contributed by atoms with van der Waals surface area (Å²) in [6.45, 7) is 6.58. The molecule has 0 aliphatic carbocycles. The maximum absolute atomic E-state index is 12.6. The highest BCUT2D eigenvalue weighted by Gasteiger charge is 2.20. The Morgan fingerprint density at radius 3 is 2.41 bits per heavy atom. The van der Waals surface area contributed by atoms with Gasteiger partial charge in [-0.25, -0.2) is 4.98 Å². The average molecular weight is 422 g/mol. The fourth-order valence-corrected chi connectivity index (χ4v) is 4.07. The molecule has 9 heteroatoms. The first-order valence-electron chi connectivity index (χ1n) is 9.43. The summed E-state index contributed by atoms with van der Waals surface area (Å²) >= 11 is 1.46. The third-order valence-electron chi connectivity index (χ3n) is 4.74. The van der Waals surface area contributed by atoms with Crippen molar-refractivity contribution < 1.29 is 23.7 Å². The number of nitrogens with one attached hydrogen (secondary N) is 1. The van der Waals surface area contributed by atoms with Gasteiger partial charge in [0.05, 0.1) is 34.5 Å². The molecular formula is C20H27N3O5S. The highest BCUT2D eigenvalue weighted by atomic mass is 32.1. The topological polar surface area (TPSA) is 82.2 Å². The van der Waals surface area contributed by atoms with Gasteiger partial charge in [0.2, 0.25) is 5.75 Å². The standard InChI is InChI=1S/C20H27N3O5S/c1-13-17(19(24)21-5-6-23-7-9-28-10-8-23)22-20(29-13)14-11-15(25-2)18(27-4)16(12-14)26-3/h11-12H,5-10H2,1-4H3,(H,21,24). The number of methoxy groups -OCH3 is 3. The van der Waals surface area contributed by atoms with E-state index < -0.39 is 0 Å². The summed E-state index contributed by atoms with van der Waals surface area (Å²) in [7, 11) is 4.70. The molecule has 8 nitrogen and oxygen atoms in total. The number of aromatic nitrogens is 1. The number of hydrogen-bond acceptors (Lipinski definition) is 8. The number of carbonyl (C=O) groups is 1. The van der Waals surface area contributed by atoms with Crippen LogP contribution in [-0.4, -0.2) is 76.5 Å². The third kappa shape index (κ3) is 4.98. The molecular weight excluding hydrogens is 394 g/mol. The van der Waals surface area contributed by atoms with E-state index in [1.807, 2.05) is 19.1 Å². The molecule has 0 bridgehead atoms. The van der Waals surface area contributed by atoms with E-state index in [0.717, 1.165) is 48.3 Å². The van der Waals surface area contributed by atoms with Crippen LogP contribution in [0.5, 0.6) is 17.2 Å². The second kappa shape index (κ2) is 9.91. The number of thiazole rings is 1. The first-order valence-corrected chi connectivity index (χ1v) is 10.2. The lowest BCUT2D eigenvalue weighted by Crippen LogP contribution is -2.41. The van der Waals surface area contributed by atoms with E-state index in [0.29, 0.717) is 29.5 Å². The predicted octanol–water partition coefficient (Wildman–Crippen LogP) is 2.21. The van der Waals surface area contributed by atoms with Gasteiger partial charge in [-0.1, -0.05) is 0 Å². The Morgan fingerprint density at radius 2 is 1.83 bits per heavy atom. The molecule has 158 valence electrons. The monoisotopic (exact) mass is 421 g/mol. The molecule has 1 aliphatic rings. The highest BCUT2D eigenvalue weighted by Crippen LogP contribution is 2.42. The molecule has 2 aromatic rings. The smallest absolute Gasteiger partial charge is 0.271 e. The van der Waals surface area contributed by atoms with Gasteiger partial charge in [-0.3, -0.25) is 9.69 Å². The molecule has 0 unspecified atom stereocenters. The zero-order valence-corrected chi connectivity index (χ0v) is 18.1. The molecule has 29 heavy (non-hydrogen) atoms. The van der Waals surface area contributed by atoms with E-state index in [9.17, 15) is 4.79 Å². The normalized spacial score (nSPS) is 14.5.